The number of benzene rings is 3. The Morgan fingerprint density at radius 2 is 1.71 bits per heavy atom. The van der Waals surface area contributed by atoms with Gasteiger partial charge in [0.05, 0.1) is 49.7 Å². The van der Waals surface area contributed by atoms with Gasteiger partial charge < -0.3 is 39.0 Å². The maximum Gasteiger partial charge on any atom is 0.245 e. The highest BCUT2D eigenvalue weighted by Gasteiger charge is 2.43. The lowest BCUT2D eigenvalue weighted by Crippen LogP contribution is -2.56. The Balaban J connectivity index is 1.43. The summed E-state index contributed by atoms with van der Waals surface area (Å²) in [7, 11) is -0.639. The van der Waals surface area contributed by atoms with Crippen molar-refractivity contribution in [3.63, 3.8) is 0 Å². The van der Waals surface area contributed by atoms with E-state index in [-0.39, 0.29) is 30.5 Å². The number of carbonyl (C=O) groups excluding carboxylic acids is 1. The number of anilines is 1. The molecule has 2 N–H and O–H groups in total. The summed E-state index contributed by atoms with van der Waals surface area (Å²) in [4.78, 5) is 14.6. The lowest BCUT2D eigenvalue weighted by atomic mass is 9.83. The van der Waals surface area contributed by atoms with Gasteiger partial charge in [-0.25, -0.2) is 8.42 Å². The van der Waals surface area contributed by atoms with Crippen LogP contribution in [0.3, 0.4) is 0 Å². The van der Waals surface area contributed by atoms with Crippen molar-refractivity contribution in [2.24, 2.45) is 0 Å². The number of aliphatic hydroxyl groups excluding tert-OH is 1. The van der Waals surface area contributed by atoms with E-state index in [4.69, 9.17) is 23.7 Å². The first-order valence-electron chi connectivity index (χ1n) is 17.5. The molecule has 13 heteroatoms. The quantitative estimate of drug-likeness (QED) is 0.187. The second kappa shape index (κ2) is 18.8. The van der Waals surface area contributed by atoms with Crippen LogP contribution in [0.5, 0.6) is 5.75 Å². The summed E-state index contributed by atoms with van der Waals surface area (Å²) in [6.07, 6.45) is 0.768. The zero-order valence-electron chi connectivity index (χ0n) is 29.8. The van der Waals surface area contributed by atoms with Crippen molar-refractivity contribution in [2.45, 2.75) is 55.9 Å². The SMILES string of the molecule is COCCCN1CCOc2ccc(CO[C@H]3CN(S(=O)(=O)c4ccc(C)cc4)[C@@H](CNC(=O)CO)C[C@@H]3c3ccc(COCCOC)cc3)cc21. The summed E-state index contributed by atoms with van der Waals surface area (Å²) in [5.74, 6) is 0.0657. The smallest absolute Gasteiger partial charge is 0.245 e. The molecule has 5 rings (SSSR count). The molecule has 1 fully saturated rings. The van der Waals surface area contributed by atoms with Crippen molar-refractivity contribution >= 4 is 21.6 Å². The van der Waals surface area contributed by atoms with Gasteiger partial charge in [0, 0.05) is 52.4 Å². The molecular formula is C38H51N3O9S. The van der Waals surface area contributed by atoms with Crippen molar-refractivity contribution < 1.29 is 42.0 Å². The summed E-state index contributed by atoms with van der Waals surface area (Å²) in [6, 6.07) is 20.3. The largest absolute Gasteiger partial charge is 0.490 e. The third-order valence-corrected chi connectivity index (χ3v) is 11.3. The first kappa shape index (κ1) is 38.7. The Hall–Kier alpha value is -3.56. The second-order valence-corrected chi connectivity index (χ2v) is 14.9. The van der Waals surface area contributed by atoms with Crippen molar-refractivity contribution in [2.75, 3.05) is 78.3 Å². The minimum Gasteiger partial charge on any atom is -0.490 e. The zero-order valence-corrected chi connectivity index (χ0v) is 30.6. The fraction of sp³-hybridized carbons (Fsp3) is 0.500. The van der Waals surface area contributed by atoms with Crippen molar-refractivity contribution in [3.8, 4) is 5.75 Å². The first-order valence-corrected chi connectivity index (χ1v) is 18.9. The molecule has 0 aliphatic carbocycles. The summed E-state index contributed by atoms with van der Waals surface area (Å²) in [5.41, 5.74) is 4.90. The fourth-order valence-electron chi connectivity index (χ4n) is 6.59. The predicted molar refractivity (Wildman–Crippen MR) is 194 cm³/mol. The Labute approximate surface area is 301 Å². The van der Waals surface area contributed by atoms with Gasteiger partial charge in [-0.1, -0.05) is 48.0 Å². The molecule has 1 saturated heterocycles. The highest BCUT2D eigenvalue weighted by atomic mass is 32.2. The predicted octanol–water partition coefficient (Wildman–Crippen LogP) is 3.63. The number of rotatable bonds is 18. The molecule has 1 amide bonds. The molecule has 0 spiro atoms. The Kier molecular flexibility index (Phi) is 14.2. The van der Waals surface area contributed by atoms with Crippen LogP contribution in [-0.2, 0) is 47.0 Å². The van der Waals surface area contributed by atoms with Gasteiger partial charge in [0.1, 0.15) is 19.0 Å². The molecule has 51 heavy (non-hydrogen) atoms. The monoisotopic (exact) mass is 725 g/mol. The average Bonchev–Trinajstić information content (AvgIpc) is 3.15. The van der Waals surface area contributed by atoms with Gasteiger partial charge in [-0.3, -0.25) is 4.79 Å². The van der Waals surface area contributed by atoms with Gasteiger partial charge in [0.2, 0.25) is 15.9 Å². The van der Waals surface area contributed by atoms with Crippen LogP contribution in [0.2, 0.25) is 0 Å². The number of nitrogens with zero attached hydrogens (tertiary/aromatic N) is 2. The first-order chi connectivity index (χ1) is 24.7. The number of ether oxygens (including phenoxy) is 5. The molecule has 3 aromatic carbocycles. The van der Waals surface area contributed by atoms with Crippen molar-refractivity contribution in [1.82, 2.24) is 9.62 Å². The van der Waals surface area contributed by atoms with Crippen LogP contribution < -0.4 is 15.0 Å². The molecule has 0 saturated carbocycles. The van der Waals surface area contributed by atoms with Crippen LogP contribution in [0.4, 0.5) is 5.69 Å². The standard InChI is InChI=1S/C38H51N3O9S/c1-28-5-12-33(13-6-28)51(44,45)41-24-37(50-27-30-9-14-36-35(21-30)40(16-18-49-36)15-4-17-46-2)34(22-32(41)23-39-38(43)25-42)31-10-7-29(8-11-31)26-48-20-19-47-3/h5-14,21,32,34,37,42H,4,15-20,22-27H2,1-3H3,(H,39,43)/t32-,34-,37+/m1/s1. The summed E-state index contributed by atoms with van der Waals surface area (Å²) in [5, 5.41) is 12.1. The fourth-order valence-corrected chi connectivity index (χ4v) is 8.23. The van der Waals surface area contributed by atoms with E-state index < -0.39 is 34.7 Å². The van der Waals surface area contributed by atoms with Gasteiger partial charge in [-0.15, -0.1) is 0 Å². The Morgan fingerprint density at radius 1 is 0.961 bits per heavy atom. The van der Waals surface area contributed by atoms with E-state index in [0.29, 0.717) is 39.5 Å². The molecule has 0 unspecified atom stereocenters. The van der Waals surface area contributed by atoms with E-state index >= 15 is 0 Å². The van der Waals surface area contributed by atoms with E-state index in [1.807, 2.05) is 43.3 Å². The molecular weight excluding hydrogens is 674 g/mol. The molecule has 2 aliphatic heterocycles. The molecule has 0 aromatic heterocycles. The third-order valence-electron chi connectivity index (χ3n) is 9.38. The number of aryl methyl sites for hydroxylation is 1. The molecule has 12 nitrogen and oxygen atoms in total. The number of carbonyl (C=O) groups is 1. The van der Waals surface area contributed by atoms with Crippen LogP contribution in [0.15, 0.2) is 71.6 Å². The number of fused-ring (bicyclic) bond motifs is 1. The number of piperidine rings is 1. The summed E-state index contributed by atoms with van der Waals surface area (Å²) in [6.45, 7) is 5.94. The number of hydrogen-bond acceptors (Lipinski definition) is 10. The number of aliphatic hydroxyl groups is 1. The minimum absolute atomic E-state index is 0.0445. The van der Waals surface area contributed by atoms with Gasteiger partial charge in [0.25, 0.3) is 0 Å². The molecule has 2 aliphatic rings. The lowest BCUT2D eigenvalue weighted by molar-refractivity contribution is -0.124. The van der Waals surface area contributed by atoms with Crippen LogP contribution in [0.25, 0.3) is 0 Å². The number of sulfonamides is 1. The zero-order chi connectivity index (χ0) is 36.2. The highest BCUT2D eigenvalue weighted by Crippen LogP contribution is 2.38. The van der Waals surface area contributed by atoms with Crippen LogP contribution in [0.1, 0.15) is 41.0 Å². The minimum atomic E-state index is -3.98. The van der Waals surface area contributed by atoms with E-state index in [1.54, 1.807) is 38.5 Å². The Morgan fingerprint density at radius 3 is 2.43 bits per heavy atom. The van der Waals surface area contributed by atoms with E-state index in [9.17, 15) is 18.3 Å². The maximum atomic E-state index is 14.2. The molecule has 278 valence electrons. The van der Waals surface area contributed by atoms with Crippen LogP contribution in [-0.4, -0.2) is 109 Å². The van der Waals surface area contributed by atoms with Gasteiger partial charge in [-0.2, -0.15) is 4.31 Å². The molecule has 3 atom stereocenters. The maximum absolute atomic E-state index is 14.2. The van der Waals surface area contributed by atoms with E-state index in [2.05, 4.69) is 16.3 Å². The van der Waals surface area contributed by atoms with E-state index in [0.717, 1.165) is 53.2 Å². The van der Waals surface area contributed by atoms with Crippen LogP contribution >= 0.6 is 0 Å². The van der Waals surface area contributed by atoms with Gasteiger partial charge in [-0.05, 0) is 60.7 Å². The molecule has 0 bridgehead atoms. The molecule has 0 radical (unpaired) electrons. The van der Waals surface area contributed by atoms with Crippen LogP contribution in [0, 0.1) is 6.92 Å². The molecule has 2 heterocycles. The lowest BCUT2D eigenvalue weighted by Gasteiger charge is -2.43. The topological polar surface area (TPSA) is 136 Å². The highest BCUT2D eigenvalue weighted by molar-refractivity contribution is 7.89. The van der Waals surface area contributed by atoms with Crippen molar-refractivity contribution in [1.29, 1.82) is 0 Å². The average molecular weight is 726 g/mol. The number of methoxy groups -OCH3 is 2. The second-order valence-electron chi connectivity index (χ2n) is 13.0. The number of amides is 1. The van der Waals surface area contributed by atoms with E-state index in [1.165, 1.54) is 4.31 Å². The summed E-state index contributed by atoms with van der Waals surface area (Å²) < 4.78 is 58.6. The van der Waals surface area contributed by atoms with Crippen molar-refractivity contribution in [3.05, 3.63) is 89.0 Å². The normalized spacial score (nSPS) is 19.4. The number of hydrogen-bond donors (Lipinski definition) is 2. The van der Waals surface area contributed by atoms with Gasteiger partial charge >= 0.3 is 0 Å². The Bertz CT molecular complexity index is 1650. The number of nitrogens with one attached hydrogen (secondary N) is 1. The third kappa shape index (κ3) is 10.3. The van der Waals surface area contributed by atoms with Gasteiger partial charge in [0.15, 0.2) is 0 Å². The summed E-state index contributed by atoms with van der Waals surface area (Å²) >= 11 is 0. The molecule has 3 aromatic rings.